The second-order valence-corrected chi connectivity index (χ2v) is 5.10. The van der Waals surface area contributed by atoms with Gasteiger partial charge < -0.3 is 15.0 Å². The van der Waals surface area contributed by atoms with Gasteiger partial charge >= 0.3 is 6.09 Å². The first-order valence-corrected chi connectivity index (χ1v) is 5.82. The van der Waals surface area contributed by atoms with Crippen LogP contribution in [0.5, 0.6) is 0 Å². The third-order valence-corrected chi connectivity index (χ3v) is 2.39. The summed E-state index contributed by atoms with van der Waals surface area (Å²) in [5, 5.41) is 2.67. The van der Waals surface area contributed by atoms with Crippen LogP contribution in [0, 0.1) is 0 Å². The average molecular weight is 290 g/mol. The van der Waals surface area contributed by atoms with Gasteiger partial charge in [-0.1, -0.05) is 0 Å². The second kappa shape index (κ2) is 5.34. The van der Waals surface area contributed by atoms with Gasteiger partial charge in [-0.05, 0) is 36.7 Å². The first-order valence-electron chi connectivity index (χ1n) is 5.03. The Balaban J connectivity index is 2.26. The number of carbonyl (C=O) groups excluding carboxylic acids is 1. The zero-order valence-electron chi connectivity index (χ0n) is 9.63. The molecule has 0 saturated carbocycles. The van der Waals surface area contributed by atoms with Crippen molar-refractivity contribution in [1.29, 1.82) is 0 Å². The minimum atomic E-state index is -0.460. The van der Waals surface area contributed by atoms with Crippen LogP contribution in [-0.2, 0) is 11.2 Å². The van der Waals surface area contributed by atoms with Gasteiger partial charge in [0.15, 0.2) is 0 Å². The number of rotatable bonds is 3. The summed E-state index contributed by atoms with van der Waals surface area (Å²) in [4.78, 5) is 18.3. The van der Waals surface area contributed by atoms with E-state index in [1.165, 1.54) is 0 Å². The van der Waals surface area contributed by atoms with Crippen LogP contribution in [0.15, 0.2) is 10.9 Å². The Labute approximate surface area is 103 Å². The molecule has 0 fully saturated rings. The fourth-order valence-corrected chi connectivity index (χ4v) is 1.50. The molecular formula is C10H16BrN3O2. The number of nitrogens with one attached hydrogen (secondary N) is 2. The van der Waals surface area contributed by atoms with Crippen molar-refractivity contribution in [2.75, 3.05) is 6.54 Å². The lowest BCUT2D eigenvalue weighted by Crippen LogP contribution is -2.33. The number of nitrogens with zero attached hydrogens (tertiary/aromatic N) is 1. The maximum atomic E-state index is 11.3. The molecule has 0 aliphatic carbocycles. The van der Waals surface area contributed by atoms with E-state index >= 15 is 0 Å². The number of hydrogen-bond donors (Lipinski definition) is 2. The number of hydrogen-bond acceptors (Lipinski definition) is 3. The molecule has 0 aliphatic rings. The minimum absolute atomic E-state index is 0.400. The fourth-order valence-electron chi connectivity index (χ4n) is 1.08. The third kappa shape index (κ3) is 4.65. The van der Waals surface area contributed by atoms with Crippen molar-refractivity contribution in [2.45, 2.75) is 32.8 Å². The number of ether oxygens (including phenoxy) is 1. The van der Waals surface area contributed by atoms with E-state index in [-0.39, 0.29) is 0 Å². The van der Waals surface area contributed by atoms with Crippen LogP contribution < -0.4 is 5.32 Å². The topological polar surface area (TPSA) is 67.0 Å². The Morgan fingerprint density at radius 1 is 1.62 bits per heavy atom. The molecule has 1 aromatic heterocycles. The van der Waals surface area contributed by atoms with E-state index in [0.717, 1.165) is 10.3 Å². The molecule has 5 nitrogen and oxygen atoms in total. The number of H-pyrrole nitrogens is 1. The molecule has 6 heteroatoms. The number of alkyl carbamates (subject to hydrolysis) is 1. The van der Waals surface area contributed by atoms with Crippen LogP contribution in [0.4, 0.5) is 4.79 Å². The lowest BCUT2D eigenvalue weighted by Gasteiger charge is -2.19. The molecule has 1 heterocycles. The van der Waals surface area contributed by atoms with Gasteiger partial charge in [0.05, 0.1) is 12.0 Å². The Bertz CT molecular complexity index is 357. The minimum Gasteiger partial charge on any atom is -0.444 e. The van der Waals surface area contributed by atoms with Crippen LogP contribution in [0.2, 0.25) is 0 Å². The molecule has 16 heavy (non-hydrogen) atoms. The Morgan fingerprint density at radius 2 is 2.31 bits per heavy atom. The van der Waals surface area contributed by atoms with E-state index in [1.54, 1.807) is 6.33 Å². The lowest BCUT2D eigenvalue weighted by atomic mass is 10.2. The molecule has 1 amide bonds. The average Bonchev–Trinajstić information content (AvgIpc) is 2.48. The van der Waals surface area contributed by atoms with Gasteiger partial charge in [0.1, 0.15) is 10.2 Å². The molecule has 0 aliphatic heterocycles. The van der Waals surface area contributed by atoms with Crippen LogP contribution in [-0.4, -0.2) is 28.2 Å². The maximum absolute atomic E-state index is 11.3. The first-order chi connectivity index (χ1) is 7.38. The lowest BCUT2D eigenvalue weighted by molar-refractivity contribution is 0.0528. The largest absolute Gasteiger partial charge is 0.444 e. The Hall–Kier alpha value is -1.04. The van der Waals surface area contributed by atoms with Gasteiger partial charge in [-0.3, -0.25) is 0 Å². The Morgan fingerprint density at radius 3 is 2.81 bits per heavy atom. The van der Waals surface area contributed by atoms with Crippen molar-refractivity contribution in [3.05, 3.63) is 16.6 Å². The van der Waals surface area contributed by atoms with Crippen molar-refractivity contribution < 1.29 is 9.53 Å². The summed E-state index contributed by atoms with van der Waals surface area (Å²) in [6.07, 6.45) is 1.88. The van der Waals surface area contributed by atoms with Gasteiger partial charge in [-0.2, -0.15) is 0 Å². The van der Waals surface area contributed by atoms with E-state index in [2.05, 4.69) is 31.2 Å². The zero-order valence-corrected chi connectivity index (χ0v) is 11.2. The highest BCUT2D eigenvalue weighted by Crippen LogP contribution is 2.10. The summed E-state index contributed by atoms with van der Waals surface area (Å²) in [6, 6.07) is 0. The molecule has 0 bridgehead atoms. The van der Waals surface area contributed by atoms with Crippen molar-refractivity contribution in [3.63, 3.8) is 0 Å². The van der Waals surface area contributed by atoms with Crippen molar-refractivity contribution in [1.82, 2.24) is 15.3 Å². The second-order valence-electron chi connectivity index (χ2n) is 4.35. The zero-order chi connectivity index (χ0) is 12.2. The summed E-state index contributed by atoms with van der Waals surface area (Å²) in [6.45, 7) is 6.00. The highest BCUT2D eigenvalue weighted by molar-refractivity contribution is 9.10. The predicted octanol–water partition coefficient (Wildman–Crippen LogP) is 2.24. The molecule has 1 aromatic rings. The summed E-state index contributed by atoms with van der Waals surface area (Å²) in [7, 11) is 0. The normalized spacial score (nSPS) is 11.2. The van der Waals surface area contributed by atoms with E-state index in [0.29, 0.717) is 13.0 Å². The highest BCUT2D eigenvalue weighted by atomic mass is 79.9. The number of halogens is 1. The predicted molar refractivity (Wildman–Crippen MR) is 64.2 cm³/mol. The van der Waals surface area contributed by atoms with E-state index in [1.807, 2.05) is 20.8 Å². The van der Waals surface area contributed by atoms with E-state index in [4.69, 9.17) is 4.74 Å². The van der Waals surface area contributed by atoms with Gasteiger partial charge in [0.2, 0.25) is 0 Å². The van der Waals surface area contributed by atoms with Gasteiger partial charge in [-0.15, -0.1) is 0 Å². The van der Waals surface area contributed by atoms with E-state index in [9.17, 15) is 4.79 Å². The van der Waals surface area contributed by atoms with Crippen molar-refractivity contribution in [3.8, 4) is 0 Å². The molecule has 1 rings (SSSR count). The summed E-state index contributed by atoms with van der Waals surface area (Å²) < 4.78 is 5.88. The molecule has 0 spiro atoms. The molecule has 0 unspecified atom stereocenters. The van der Waals surface area contributed by atoms with Gasteiger partial charge in [0, 0.05) is 13.0 Å². The van der Waals surface area contributed by atoms with Crippen LogP contribution >= 0.6 is 15.9 Å². The van der Waals surface area contributed by atoms with Crippen LogP contribution in [0.25, 0.3) is 0 Å². The molecule has 2 N–H and O–H groups in total. The highest BCUT2D eigenvalue weighted by Gasteiger charge is 2.15. The number of carbonyl (C=O) groups is 1. The van der Waals surface area contributed by atoms with E-state index < -0.39 is 11.7 Å². The van der Waals surface area contributed by atoms with Crippen LogP contribution in [0.1, 0.15) is 26.5 Å². The van der Waals surface area contributed by atoms with Gasteiger partial charge in [0.25, 0.3) is 0 Å². The molecule has 0 aromatic carbocycles. The standard InChI is InChI=1S/C10H16BrN3O2/c1-10(2,3)16-9(15)12-5-4-7-8(11)14-6-13-7/h6H,4-5H2,1-3H3,(H,12,15)(H,13,14). The molecule has 0 radical (unpaired) electrons. The number of imidazole rings is 1. The number of amides is 1. The summed E-state index contributed by atoms with van der Waals surface area (Å²) >= 11 is 3.30. The third-order valence-electron chi connectivity index (χ3n) is 1.71. The molecule has 0 atom stereocenters. The number of aromatic amines is 1. The number of aromatic nitrogens is 2. The Kier molecular flexibility index (Phi) is 4.35. The molecular weight excluding hydrogens is 274 g/mol. The SMILES string of the molecule is CC(C)(C)OC(=O)NCCc1[nH]cnc1Br. The fraction of sp³-hybridized carbons (Fsp3) is 0.600. The monoisotopic (exact) mass is 289 g/mol. The quantitative estimate of drug-likeness (QED) is 0.897. The van der Waals surface area contributed by atoms with Crippen LogP contribution in [0.3, 0.4) is 0 Å². The first kappa shape index (κ1) is 13.0. The van der Waals surface area contributed by atoms with Crippen molar-refractivity contribution in [2.24, 2.45) is 0 Å². The van der Waals surface area contributed by atoms with Gasteiger partial charge in [-0.25, -0.2) is 9.78 Å². The maximum Gasteiger partial charge on any atom is 0.407 e. The smallest absolute Gasteiger partial charge is 0.407 e. The molecule has 90 valence electrons. The summed E-state index contributed by atoms with van der Waals surface area (Å²) in [5.41, 5.74) is 0.495. The summed E-state index contributed by atoms with van der Waals surface area (Å²) in [5.74, 6) is 0. The molecule has 0 saturated heterocycles. The van der Waals surface area contributed by atoms with Crippen molar-refractivity contribution >= 4 is 22.0 Å².